The minimum Gasteiger partial charge on any atom is -0.505 e. The Morgan fingerprint density at radius 1 is 0.680 bits per heavy atom. The molecule has 0 radical (unpaired) electrons. The van der Waals surface area contributed by atoms with Gasteiger partial charge in [-0.05, 0) is 47.9 Å². The third-order valence-corrected chi connectivity index (χ3v) is 8.27. The number of barbiturate groups is 1. The number of nitro benzene ring substituents is 1. The molecule has 1 aliphatic rings. The zero-order valence-electron chi connectivity index (χ0n) is 24.3. The SMILES string of the molecule is O=C1NC(=O)C(/N=N/c2ccc(/N=N/c3ccc4cc(S(=O)(=O)O)c(/N=N/c5ccc([N+](=O)[O-])cc5)c(O)c4c3O)c(S(=O)(=O)O)c2)C(=O)N1. The Hall–Kier alpha value is -6.63. The van der Waals surface area contributed by atoms with Crippen molar-refractivity contribution in [1.82, 2.24) is 10.6 Å². The van der Waals surface area contributed by atoms with E-state index in [9.17, 15) is 60.7 Å². The number of azo groups is 3. The Bertz CT molecular complexity index is 2430. The van der Waals surface area contributed by atoms with Gasteiger partial charge in [-0.15, -0.1) is 15.3 Å². The van der Waals surface area contributed by atoms with Gasteiger partial charge in [0.25, 0.3) is 37.7 Å². The van der Waals surface area contributed by atoms with Gasteiger partial charge in [0.15, 0.2) is 11.5 Å². The molecular weight excluding hydrogens is 710 g/mol. The summed E-state index contributed by atoms with van der Waals surface area (Å²) in [6.07, 6.45) is 0. The maximum atomic E-state index is 12.1. The zero-order valence-corrected chi connectivity index (χ0v) is 25.9. The number of aromatic hydroxyl groups is 2. The van der Waals surface area contributed by atoms with Gasteiger partial charge in [-0.25, -0.2) is 4.79 Å². The molecule has 1 saturated heterocycles. The van der Waals surface area contributed by atoms with Crippen LogP contribution in [0, 0.1) is 10.1 Å². The van der Waals surface area contributed by atoms with Gasteiger partial charge in [-0.3, -0.25) is 39.4 Å². The number of hydrogen-bond acceptors (Lipinski definition) is 17. The number of benzene rings is 4. The highest BCUT2D eigenvalue weighted by molar-refractivity contribution is 7.86. The summed E-state index contributed by atoms with van der Waals surface area (Å²) in [7, 11) is -10.1. The first kappa shape index (κ1) is 34.7. The lowest BCUT2D eigenvalue weighted by Crippen LogP contribution is -2.57. The van der Waals surface area contributed by atoms with Crippen molar-refractivity contribution < 1.29 is 55.5 Å². The number of non-ortho nitro benzene ring substituents is 1. The normalized spacial score (nSPS) is 14.6. The Kier molecular flexibility index (Phi) is 9.10. The van der Waals surface area contributed by atoms with Crippen molar-refractivity contribution in [1.29, 1.82) is 0 Å². The van der Waals surface area contributed by atoms with E-state index in [2.05, 4.69) is 30.7 Å². The Labute approximate surface area is 277 Å². The van der Waals surface area contributed by atoms with Crippen molar-refractivity contribution in [2.75, 3.05) is 0 Å². The third-order valence-electron chi connectivity index (χ3n) is 6.52. The second-order valence-electron chi connectivity index (χ2n) is 9.80. The fourth-order valence-corrected chi connectivity index (χ4v) is 5.53. The van der Waals surface area contributed by atoms with Crippen LogP contribution in [-0.2, 0) is 29.8 Å². The topological polar surface area (TPSA) is 342 Å². The number of nitrogens with one attached hydrogen (secondary N) is 2. The molecule has 256 valence electrons. The molecule has 5 rings (SSSR count). The summed E-state index contributed by atoms with van der Waals surface area (Å²) in [5.74, 6) is -4.04. The molecule has 1 fully saturated rings. The molecular formula is C26H17N9O13S2. The quantitative estimate of drug-likeness (QED) is 0.0461. The van der Waals surface area contributed by atoms with Crippen LogP contribution in [0.25, 0.3) is 10.8 Å². The number of phenols is 2. The molecule has 0 atom stereocenters. The van der Waals surface area contributed by atoms with Gasteiger partial charge in [0.05, 0.1) is 21.7 Å². The van der Waals surface area contributed by atoms with Gasteiger partial charge >= 0.3 is 6.03 Å². The number of urea groups is 1. The summed E-state index contributed by atoms with van der Waals surface area (Å²) in [5.41, 5.74) is -2.39. The number of imide groups is 2. The molecule has 24 heteroatoms. The number of amides is 4. The van der Waals surface area contributed by atoms with Crippen LogP contribution >= 0.6 is 0 Å². The molecule has 0 bridgehead atoms. The van der Waals surface area contributed by atoms with E-state index >= 15 is 0 Å². The summed E-state index contributed by atoms with van der Waals surface area (Å²) >= 11 is 0. The molecule has 4 aromatic rings. The average Bonchev–Trinajstić information content (AvgIpc) is 3.02. The van der Waals surface area contributed by atoms with E-state index in [1.54, 1.807) is 10.6 Å². The molecule has 6 N–H and O–H groups in total. The van der Waals surface area contributed by atoms with Gasteiger partial charge in [0.1, 0.15) is 26.9 Å². The van der Waals surface area contributed by atoms with Gasteiger partial charge in [-0.1, -0.05) is 6.07 Å². The molecule has 1 heterocycles. The molecule has 0 spiro atoms. The van der Waals surface area contributed by atoms with Crippen molar-refractivity contribution in [2.24, 2.45) is 30.7 Å². The summed E-state index contributed by atoms with van der Waals surface area (Å²) < 4.78 is 68.1. The van der Waals surface area contributed by atoms with Crippen LogP contribution in [0.4, 0.5) is 38.9 Å². The molecule has 0 unspecified atom stereocenters. The van der Waals surface area contributed by atoms with Crippen LogP contribution in [0.2, 0.25) is 0 Å². The number of nitro groups is 1. The molecule has 22 nitrogen and oxygen atoms in total. The summed E-state index contributed by atoms with van der Waals surface area (Å²) in [4.78, 5) is 43.3. The lowest BCUT2D eigenvalue weighted by atomic mass is 10.1. The standard InChI is InChI=1S/C26H17N9O13S2/c36-22-16(32-31-15-8-4-13(10-17(15)49(43,44)45)30-34-21-24(38)27-26(40)28-25(21)39)7-1-11-9-18(50(46,47)48)20(23(37)19(11)22)33-29-12-2-5-14(6-3-12)35(41)42/h1-10,21,36-37H,(H,43,44,45)(H,46,47,48)(H2,27,28,38,39,40)/b32-31+,33-29+,34-30+. The fraction of sp³-hybridized carbons (Fsp3) is 0.0385. The number of hydrogen-bond donors (Lipinski definition) is 6. The predicted molar refractivity (Wildman–Crippen MR) is 165 cm³/mol. The highest BCUT2D eigenvalue weighted by atomic mass is 32.2. The Morgan fingerprint density at radius 3 is 1.86 bits per heavy atom. The summed E-state index contributed by atoms with van der Waals surface area (Å²) in [6.45, 7) is 0. The van der Waals surface area contributed by atoms with Gasteiger partial charge in [0.2, 0.25) is 6.04 Å². The molecule has 4 amide bonds. The third kappa shape index (κ3) is 7.26. The van der Waals surface area contributed by atoms with Crippen LogP contribution in [0.1, 0.15) is 0 Å². The second kappa shape index (κ2) is 13.1. The van der Waals surface area contributed by atoms with E-state index in [1.165, 1.54) is 0 Å². The summed E-state index contributed by atoms with van der Waals surface area (Å²) in [5, 5.41) is 57.8. The number of carbonyl (C=O) groups excluding carboxylic acids is 3. The van der Waals surface area contributed by atoms with Crippen molar-refractivity contribution in [3.63, 3.8) is 0 Å². The van der Waals surface area contributed by atoms with Crippen molar-refractivity contribution in [3.05, 3.63) is 70.8 Å². The van der Waals surface area contributed by atoms with Crippen molar-refractivity contribution in [3.8, 4) is 11.5 Å². The van der Waals surface area contributed by atoms with Gasteiger partial charge in [-0.2, -0.15) is 32.2 Å². The Morgan fingerprint density at radius 2 is 1.26 bits per heavy atom. The average molecular weight is 728 g/mol. The van der Waals surface area contributed by atoms with Crippen molar-refractivity contribution >= 4 is 83.0 Å². The highest BCUT2D eigenvalue weighted by Crippen LogP contribution is 2.48. The minimum atomic E-state index is -5.05. The van der Waals surface area contributed by atoms with Crippen LogP contribution in [0.3, 0.4) is 0 Å². The van der Waals surface area contributed by atoms with E-state index in [1.807, 2.05) is 0 Å². The number of fused-ring (bicyclic) bond motifs is 1. The maximum absolute atomic E-state index is 12.1. The van der Waals surface area contributed by atoms with Crippen molar-refractivity contribution in [2.45, 2.75) is 15.8 Å². The van der Waals surface area contributed by atoms with E-state index in [0.717, 1.165) is 60.7 Å². The molecule has 0 aliphatic carbocycles. The summed E-state index contributed by atoms with van der Waals surface area (Å²) in [6, 6.07) is 7.52. The van der Waals surface area contributed by atoms with E-state index < -0.39 is 92.8 Å². The van der Waals surface area contributed by atoms with Gasteiger partial charge in [0, 0.05) is 12.1 Å². The predicted octanol–water partition coefficient (Wildman–Crippen LogP) is 4.30. The van der Waals surface area contributed by atoms with Gasteiger partial charge < -0.3 is 10.2 Å². The minimum absolute atomic E-state index is 0.0215. The van der Waals surface area contributed by atoms with Crippen LogP contribution in [-0.4, -0.2) is 65.0 Å². The van der Waals surface area contributed by atoms with Crippen LogP contribution < -0.4 is 10.6 Å². The first-order valence-electron chi connectivity index (χ1n) is 13.2. The van der Waals surface area contributed by atoms with E-state index in [-0.39, 0.29) is 22.4 Å². The maximum Gasteiger partial charge on any atom is 0.328 e. The second-order valence-corrected chi connectivity index (χ2v) is 12.6. The van der Waals surface area contributed by atoms with E-state index in [4.69, 9.17) is 0 Å². The first-order chi connectivity index (χ1) is 23.4. The zero-order chi connectivity index (χ0) is 36.5. The number of phenolic OH excluding ortho intramolecular Hbond substituents is 2. The molecule has 0 saturated carbocycles. The first-order valence-corrected chi connectivity index (χ1v) is 16.1. The lowest BCUT2D eigenvalue weighted by molar-refractivity contribution is -0.384. The van der Waals surface area contributed by atoms with Crippen LogP contribution in [0.5, 0.6) is 11.5 Å². The number of carbonyl (C=O) groups is 3. The molecule has 0 aromatic heterocycles. The molecule has 4 aromatic carbocycles. The largest absolute Gasteiger partial charge is 0.505 e. The fourth-order valence-electron chi connectivity index (χ4n) is 4.23. The van der Waals surface area contributed by atoms with Crippen LogP contribution in [0.15, 0.2) is 101 Å². The molecule has 50 heavy (non-hydrogen) atoms. The monoisotopic (exact) mass is 727 g/mol. The lowest BCUT2D eigenvalue weighted by Gasteiger charge is -2.16. The highest BCUT2D eigenvalue weighted by Gasteiger charge is 2.34. The smallest absolute Gasteiger partial charge is 0.328 e. The Balaban J connectivity index is 1.53. The van der Waals surface area contributed by atoms with E-state index in [0.29, 0.717) is 0 Å². The number of nitrogens with zero attached hydrogens (tertiary/aromatic N) is 7. The number of rotatable bonds is 9. The molecule has 1 aliphatic heterocycles.